The van der Waals surface area contributed by atoms with E-state index in [1.165, 1.54) is 28.5 Å². The summed E-state index contributed by atoms with van der Waals surface area (Å²) in [4.78, 5) is 0. The van der Waals surface area contributed by atoms with Crippen LogP contribution in [0.4, 0.5) is 0 Å². The molecule has 0 bridgehead atoms. The lowest BCUT2D eigenvalue weighted by Crippen LogP contribution is -2.18. The van der Waals surface area contributed by atoms with E-state index in [1.807, 2.05) is 18.2 Å². The van der Waals surface area contributed by atoms with Crippen molar-refractivity contribution in [3.05, 3.63) is 59.7 Å². The first-order valence-corrected chi connectivity index (χ1v) is 7.70. The average molecular weight is 277 g/mol. The van der Waals surface area contributed by atoms with Crippen LogP contribution in [-0.2, 0) is 6.42 Å². The average Bonchev–Trinajstić information content (AvgIpc) is 3.11. The van der Waals surface area contributed by atoms with Gasteiger partial charge in [0.15, 0.2) is 0 Å². The fourth-order valence-electron chi connectivity index (χ4n) is 3.35. The molecule has 1 atom stereocenters. The smallest absolute Gasteiger partial charge is 0.135 e. The van der Waals surface area contributed by atoms with Crippen LogP contribution >= 0.6 is 0 Å². The van der Waals surface area contributed by atoms with Crippen molar-refractivity contribution in [2.24, 2.45) is 0 Å². The lowest BCUT2D eigenvalue weighted by atomic mass is 10.0. The molecule has 1 aliphatic carbocycles. The van der Waals surface area contributed by atoms with Crippen molar-refractivity contribution in [1.29, 1.82) is 0 Å². The Morgan fingerprint density at radius 1 is 1.14 bits per heavy atom. The lowest BCUT2D eigenvalue weighted by molar-refractivity contribution is 0.549. The van der Waals surface area contributed by atoms with Gasteiger partial charge in [-0.1, -0.05) is 37.3 Å². The molecule has 1 N–H and O–H groups in total. The minimum atomic E-state index is 0.523. The van der Waals surface area contributed by atoms with Gasteiger partial charge in [-0.05, 0) is 48.7 Å². The number of hydrogen-bond acceptors (Lipinski definition) is 2. The molecule has 0 fully saturated rings. The second-order valence-corrected chi connectivity index (χ2v) is 5.71. The standard InChI is InChI=1S/C19H19NO/c1-2-20-17-10-8-13-11-15(7-9-16(13)17)19-12-14-5-3-4-6-18(14)21-19/h3-7,9,11-12,17,20H,2,8,10H2,1H3. The van der Waals surface area contributed by atoms with E-state index in [4.69, 9.17) is 4.42 Å². The van der Waals surface area contributed by atoms with Crippen LogP contribution in [0.3, 0.4) is 0 Å². The summed E-state index contributed by atoms with van der Waals surface area (Å²) in [5, 5.41) is 4.72. The van der Waals surface area contributed by atoms with Crippen LogP contribution in [0, 0.1) is 0 Å². The number of hydrogen-bond donors (Lipinski definition) is 1. The van der Waals surface area contributed by atoms with Crippen molar-refractivity contribution in [2.75, 3.05) is 6.54 Å². The summed E-state index contributed by atoms with van der Waals surface area (Å²) in [7, 11) is 0. The maximum Gasteiger partial charge on any atom is 0.135 e. The van der Waals surface area contributed by atoms with E-state index in [9.17, 15) is 0 Å². The number of benzene rings is 2. The third-order valence-electron chi connectivity index (χ3n) is 4.38. The fraction of sp³-hybridized carbons (Fsp3) is 0.263. The van der Waals surface area contributed by atoms with Gasteiger partial charge in [-0.25, -0.2) is 0 Å². The van der Waals surface area contributed by atoms with Gasteiger partial charge >= 0.3 is 0 Å². The number of fused-ring (bicyclic) bond motifs is 2. The van der Waals surface area contributed by atoms with Gasteiger partial charge in [0.25, 0.3) is 0 Å². The zero-order chi connectivity index (χ0) is 14.2. The third-order valence-corrected chi connectivity index (χ3v) is 4.38. The number of aryl methyl sites for hydroxylation is 1. The molecule has 4 rings (SSSR count). The van der Waals surface area contributed by atoms with Gasteiger partial charge in [0.2, 0.25) is 0 Å². The Balaban J connectivity index is 1.73. The highest BCUT2D eigenvalue weighted by atomic mass is 16.3. The Morgan fingerprint density at radius 2 is 2.05 bits per heavy atom. The first-order chi connectivity index (χ1) is 10.3. The van der Waals surface area contributed by atoms with Crippen molar-refractivity contribution in [3.63, 3.8) is 0 Å². The Labute approximate surface area is 124 Å². The first-order valence-electron chi connectivity index (χ1n) is 7.70. The van der Waals surface area contributed by atoms with Crippen LogP contribution in [-0.4, -0.2) is 6.54 Å². The van der Waals surface area contributed by atoms with Crippen LogP contribution in [0.2, 0.25) is 0 Å². The molecule has 2 heteroatoms. The van der Waals surface area contributed by atoms with Gasteiger partial charge < -0.3 is 9.73 Å². The number of nitrogens with one attached hydrogen (secondary N) is 1. The van der Waals surface area contributed by atoms with Gasteiger partial charge in [-0.15, -0.1) is 0 Å². The molecule has 3 aromatic rings. The fourth-order valence-corrected chi connectivity index (χ4v) is 3.35. The van der Waals surface area contributed by atoms with Gasteiger partial charge in [-0.3, -0.25) is 0 Å². The molecule has 0 radical (unpaired) electrons. The van der Waals surface area contributed by atoms with Crippen molar-refractivity contribution in [3.8, 4) is 11.3 Å². The van der Waals surface area contributed by atoms with Crippen LogP contribution in [0.5, 0.6) is 0 Å². The Hall–Kier alpha value is -2.06. The van der Waals surface area contributed by atoms with Crippen molar-refractivity contribution in [2.45, 2.75) is 25.8 Å². The quantitative estimate of drug-likeness (QED) is 0.751. The molecular weight excluding hydrogens is 258 g/mol. The lowest BCUT2D eigenvalue weighted by Gasteiger charge is -2.12. The van der Waals surface area contributed by atoms with Gasteiger partial charge in [-0.2, -0.15) is 0 Å². The Bertz CT molecular complexity index is 754. The van der Waals surface area contributed by atoms with Gasteiger partial charge in [0.1, 0.15) is 11.3 Å². The molecule has 1 aliphatic rings. The number of rotatable bonds is 3. The summed E-state index contributed by atoms with van der Waals surface area (Å²) < 4.78 is 5.97. The van der Waals surface area contributed by atoms with E-state index in [2.05, 4.69) is 42.6 Å². The van der Waals surface area contributed by atoms with Crippen LogP contribution < -0.4 is 5.32 Å². The molecule has 106 valence electrons. The summed E-state index contributed by atoms with van der Waals surface area (Å²) in [5.41, 5.74) is 5.05. The molecule has 0 aliphatic heterocycles. The third kappa shape index (κ3) is 2.16. The van der Waals surface area contributed by atoms with E-state index >= 15 is 0 Å². The molecule has 2 nitrogen and oxygen atoms in total. The second kappa shape index (κ2) is 5.05. The molecule has 1 unspecified atom stereocenters. The molecule has 0 saturated heterocycles. The van der Waals surface area contributed by atoms with Gasteiger partial charge in [0.05, 0.1) is 0 Å². The normalized spacial score (nSPS) is 17.3. The summed E-state index contributed by atoms with van der Waals surface area (Å²) in [6, 6.07) is 17.6. The minimum Gasteiger partial charge on any atom is -0.456 e. The highest BCUT2D eigenvalue weighted by Gasteiger charge is 2.22. The predicted molar refractivity (Wildman–Crippen MR) is 86.4 cm³/mol. The summed E-state index contributed by atoms with van der Waals surface area (Å²) in [5.74, 6) is 0.964. The molecular formula is C19H19NO. The van der Waals surface area contributed by atoms with Crippen molar-refractivity contribution >= 4 is 11.0 Å². The minimum absolute atomic E-state index is 0.523. The van der Waals surface area contributed by atoms with E-state index in [1.54, 1.807) is 0 Å². The van der Waals surface area contributed by atoms with E-state index in [0.29, 0.717) is 6.04 Å². The topological polar surface area (TPSA) is 25.2 Å². The molecule has 1 heterocycles. The number of para-hydroxylation sites is 1. The van der Waals surface area contributed by atoms with Gasteiger partial charge in [0, 0.05) is 17.0 Å². The largest absolute Gasteiger partial charge is 0.456 e. The summed E-state index contributed by atoms with van der Waals surface area (Å²) >= 11 is 0. The number of furan rings is 1. The van der Waals surface area contributed by atoms with E-state index < -0.39 is 0 Å². The molecule has 2 aromatic carbocycles. The zero-order valence-electron chi connectivity index (χ0n) is 12.2. The molecule has 0 saturated carbocycles. The molecule has 0 spiro atoms. The maximum atomic E-state index is 5.97. The van der Waals surface area contributed by atoms with E-state index in [-0.39, 0.29) is 0 Å². The van der Waals surface area contributed by atoms with Crippen LogP contribution in [0.1, 0.15) is 30.5 Å². The summed E-state index contributed by atoms with van der Waals surface area (Å²) in [6.07, 6.45) is 2.35. The highest BCUT2D eigenvalue weighted by molar-refractivity contribution is 5.82. The molecule has 0 amide bonds. The SMILES string of the molecule is CCNC1CCc2cc(-c3cc4ccccc4o3)ccc21. The van der Waals surface area contributed by atoms with Crippen molar-refractivity contribution < 1.29 is 4.42 Å². The van der Waals surface area contributed by atoms with Crippen LogP contribution in [0.15, 0.2) is 52.9 Å². The maximum absolute atomic E-state index is 5.97. The molecule has 1 aromatic heterocycles. The highest BCUT2D eigenvalue weighted by Crippen LogP contribution is 2.35. The predicted octanol–water partition coefficient (Wildman–Crippen LogP) is 4.70. The Kier molecular flexibility index (Phi) is 3.04. The Morgan fingerprint density at radius 3 is 2.90 bits per heavy atom. The van der Waals surface area contributed by atoms with Crippen molar-refractivity contribution in [1.82, 2.24) is 5.32 Å². The summed E-state index contributed by atoms with van der Waals surface area (Å²) in [6.45, 7) is 3.19. The van der Waals surface area contributed by atoms with E-state index in [0.717, 1.165) is 24.3 Å². The monoisotopic (exact) mass is 277 g/mol. The second-order valence-electron chi connectivity index (χ2n) is 5.71. The van der Waals surface area contributed by atoms with Crippen LogP contribution in [0.25, 0.3) is 22.3 Å². The molecule has 21 heavy (non-hydrogen) atoms. The first kappa shape index (κ1) is 12.7. The zero-order valence-corrected chi connectivity index (χ0v) is 12.2.